The minimum Gasteiger partial charge on any atom is -0.444 e. The van der Waals surface area contributed by atoms with E-state index in [1.807, 2.05) is 20.8 Å². The van der Waals surface area contributed by atoms with Crippen LogP contribution in [-0.2, 0) is 11.3 Å². The summed E-state index contributed by atoms with van der Waals surface area (Å²) in [6.07, 6.45) is 1.19. The average Bonchev–Trinajstić information content (AvgIpc) is 3.04. The van der Waals surface area contributed by atoms with E-state index in [-0.39, 0.29) is 11.9 Å². The van der Waals surface area contributed by atoms with Crippen molar-refractivity contribution in [1.82, 2.24) is 25.8 Å². The largest absolute Gasteiger partial charge is 0.444 e. The van der Waals surface area contributed by atoms with Gasteiger partial charge in [-0.3, -0.25) is 14.7 Å². The highest BCUT2D eigenvalue weighted by Crippen LogP contribution is 2.20. The Morgan fingerprint density at radius 3 is 2.62 bits per heavy atom. The molecule has 0 spiro atoms. The van der Waals surface area contributed by atoms with Crippen molar-refractivity contribution in [2.45, 2.75) is 52.6 Å². The topological polar surface area (TPSA) is 112 Å². The first-order valence-corrected chi connectivity index (χ1v) is 8.82. The summed E-state index contributed by atoms with van der Waals surface area (Å²) in [6.45, 7) is 8.77. The van der Waals surface area contributed by atoms with Gasteiger partial charge in [-0.1, -0.05) is 6.92 Å². The number of imide groups is 1. The minimum absolute atomic E-state index is 0.165. The summed E-state index contributed by atoms with van der Waals surface area (Å²) >= 11 is 0. The molecule has 0 radical (unpaired) electrons. The van der Waals surface area contributed by atoms with Gasteiger partial charge in [0.05, 0.1) is 12.2 Å². The quantitative estimate of drug-likeness (QED) is 0.289. The molecule has 0 bridgehead atoms. The molecule has 1 aliphatic heterocycles. The second-order valence-electron chi connectivity index (χ2n) is 6.53. The summed E-state index contributed by atoms with van der Waals surface area (Å²) in [5, 5.41) is 9.02. The number of hydrogen-bond donors (Lipinski definition) is 3. The Hall–Kier alpha value is -2.58. The van der Waals surface area contributed by atoms with Crippen LogP contribution in [0, 0.1) is 13.8 Å². The Labute approximate surface area is 153 Å². The fourth-order valence-electron chi connectivity index (χ4n) is 2.63. The number of aryl methyl sites for hydroxylation is 2. The van der Waals surface area contributed by atoms with Gasteiger partial charge in [-0.25, -0.2) is 9.78 Å². The van der Waals surface area contributed by atoms with Gasteiger partial charge >= 0.3 is 6.03 Å². The van der Waals surface area contributed by atoms with E-state index < -0.39 is 5.54 Å². The molecule has 1 fully saturated rings. The van der Waals surface area contributed by atoms with E-state index in [0.717, 1.165) is 11.5 Å². The van der Waals surface area contributed by atoms with Crippen molar-refractivity contribution in [3.63, 3.8) is 0 Å². The van der Waals surface area contributed by atoms with Gasteiger partial charge in [0.1, 0.15) is 11.3 Å². The summed E-state index contributed by atoms with van der Waals surface area (Å²) < 4.78 is 5.51. The van der Waals surface area contributed by atoms with Crippen LogP contribution in [0.3, 0.4) is 0 Å². The Bertz CT molecular complexity index is 679. The SMILES string of the molecule is CCC1(C)NC(=O)N(CCCNC(=NC)NCc2nc(C)c(C)o2)C1=O. The maximum Gasteiger partial charge on any atom is 0.325 e. The number of oxazole rings is 1. The Balaban J connectivity index is 1.74. The standard InChI is InChI=1S/C17H28N6O3/c1-6-17(4)14(24)23(16(25)22-17)9-7-8-19-15(18-5)20-10-13-21-11(2)12(3)26-13/h6-10H2,1-5H3,(H,22,25)(H2,18,19,20). The van der Waals surface area contributed by atoms with Gasteiger partial charge in [0.25, 0.3) is 5.91 Å². The van der Waals surface area contributed by atoms with E-state index in [4.69, 9.17) is 4.42 Å². The van der Waals surface area contributed by atoms with E-state index in [0.29, 0.717) is 44.3 Å². The molecule has 0 saturated carbocycles. The number of guanidine groups is 1. The number of carbonyl (C=O) groups excluding carboxylic acids is 2. The molecule has 1 aromatic rings. The van der Waals surface area contributed by atoms with E-state index >= 15 is 0 Å². The normalized spacial score (nSPS) is 20.5. The van der Waals surface area contributed by atoms with Crippen molar-refractivity contribution in [2.24, 2.45) is 4.99 Å². The lowest BCUT2D eigenvalue weighted by atomic mass is 9.99. The number of aromatic nitrogens is 1. The number of urea groups is 1. The van der Waals surface area contributed by atoms with Gasteiger partial charge in [-0.15, -0.1) is 0 Å². The highest BCUT2D eigenvalue weighted by atomic mass is 16.4. The summed E-state index contributed by atoms with van der Waals surface area (Å²) in [5.41, 5.74) is 0.0893. The van der Waals surface area contributed by atoms with Gasteiger partial charge in [0, 0.05) is 20.1 Å². The summed E-state index contributed by atoms with van der Waals surface area (Å²) in [4.78, 5) is 34.0. The second kappa shape index (κ2) is 8.20. The molecular weight excluding hydrogens is 336 g/mol. The number of carbonyl (C=O) groups is 2. The van der Waals surface area contributed by atoms with Crippen molar-refractivity contribution >= 4 is 17.9 Å². The zero-order chi connectivity index (χ0) is 19.3. The summed E-state index contributed by atoms with van der Waals surface area (Å²) in [7, 11) is 1.67. The third-order valence-electron chi connectivity index (χ3n) is 4.61. The number of hydrogen-bond acceptors (Lipinski definition) is 5. The molecule has 3 amide bonds. The smallest absolute Gasteiger partial charge is 0.325 e. The van der Waals surface area contributed by atoms with E-state index in [1.54, 1.807) is 14.0 Å². The summed E-state index contributed by atoms with van der Waals surface area (Å²) in [6, 6.07) is -0.323. The molecule has 1 unspecified atom stereocenters. The zero-order valence-corrected chi connectivity index (χ0v) is 16.1. The van der Waals surface area contributed by atoms with Gasteiger partial charge < -0.3 is 20.4 Å². The monoisotopic (exact) mass is 364 g/mol. The highest BCUT2D eigenvalue weighted by Gasteiger charge is 2.45. The van der Waals surface area contributed by atoms with Crippen LogP contribution in [-0.4, -0.2) is 53.5 Å². The predicted molar refractivity (Wildman–Crippen MR) is 97.7 cm³/mol. The number of amides is 3. The first kappa shape index (κ1) is 19.7. The third kappa shape index (κ3) is 4.33. The van der Waals surface area contributed by atoms with Crippen LogP contribution < -0.4 is 16.0 Å². The predicted octanol–water partition coefficient (Wildman–Crippen LogP) is 1.07. The molecular formula is C17H28N6O3. The molecule has 2 heterocycles. The van der Waals surface area contributed by atoms with Crippen molar-refractivity contribution < 1.29 is 14.0 Å². The molecule has 9 nitrogen and oxygen atoms in total. The van der Waals surface area contributed by atoms with Crippen molar-refractivity contribution in [3.8, 4) is 0 Å². The van der Waals surface area contributed by atoms with E-state index in [9.17, 15) is 9.59 Å². The second-order valence-corrected chi connectivity index (χ2v) is 6.53. The molecule has 26 heavy (non-hydrogen) atoms. The fourth-order valence-corrected chi connectivity index (χ4v) is 2.63. The van der Waals surface area contributed by atoms with Crippen LogP contribution in [0.2, 0.25) is 0 Å². The van der Waals surface area contributed by atoms with Crippen LogP contribution >= 0.6 is 0 Å². The van der Waals surface area contributed by atoms with Gasteiger partial charge in [0.15, 0.2) is 5.96 Å². The minimum atomic E-state index is -0.783. The summed E-state index contributed by atoms with van der Waals surface area (Å²) in [5.74, 6) is 1.84. The molecule has 2 rings (SSSR count). The maximum absolute atomic E-state index is 12.3. The van der Waals surface area contributed by atoms with Gasteiger partial charge in [-0.05, 0) is 33.6 Å². The van der Waals surface area contributed by atoms with Crippen molar-refractivity contribution in [1.29, 1.82) is 0 Å². The Morgan fingerprint density at radius 1 is 1.35 bits per heavy atom. The van der Waals surface area contributed by atoms with E-state index in [1.165, 1.54) is 4.90 Å². The molecule has 1 aliphatic rings. The zero-order valence-electron chi connectivity index (χ0n) is 16.1. The Morgan fingerprint density at radius 2 is 2.08 bits per heavy atom. The first-order valence-electron chi connectivity index (χ1n) is 8.82. The van der Waals surface area contributed by atoms with Crippen LogP contribution in [0.5, 0.6) is 0 Å². The van der Waals surface area contributed by atoms with Crippen molar-refractivity contribution in [2.75, 3.05) is 20.1 Å². The highest BCUT2D eigenvalue weighted by molar-refractivity contribution is 6.06. The lowest BCUT2D eigenvalue weighted by Gasteiger charge is -2.19. The molecule has 3 N–H and O–H groups in total. The van der Waals surface area contributed by atoms with Crippen LogP contribution in [0.15, 0.2) is 9.41 Å². The molecule has 144 valence electrons. The van der Waals surface area contributed by atoms with Crippen molar-refractivity contribution in [3.05, 3.63) is 17.3 Å². The molecule has 1 saturated heterocycles. The van der Waals surface area contributed by atoms with Crippen LogP contribution in [0.25, 0.3) is 0 Å². The first-order chi connectivity index (χ1) is 12.3. The van der Waals surface area contributed by atoms with Crippen LogP contribution in [0.1, 0.15) is 44.0 Å². The number of rotatable bonds is 7. The van der Waals surface area contributed by atoms with Crippen LogP contribution in [0.4, 0.5) is 4.79 Å². The lowest BCUT2D eigenvalue weighted by molar-refractivity contribution is -0.130. The average molecular weight is 364 g/mol. The number of aliphatic imine (C=N–C) groups is 1. The Kier molecular flexibility index (Phi) is 6.23. The van der Waals surface area contributed by atoms with Gasteiger partial charge in [0.2, 0.25) is 5.89 Å². The van der Waals surface area contributed by atoms with E-state index in [2.05, 4.69) is 25.9 Å². The molecule has 1 aromatic heterocycles. The molecule has 9 heteroatoms. The van der Waals surface area contributed by atoms with Gasteiger partial charge in [-0.2, -0.15) is 0 Å². The fraction of sp³-hybridized carbons (Fsp3) is 0.647. The molecule has 1 atom stereocenters. The number of nitrogens with one attached hydrogen (secondary N) is 3. The third-order valence-corrected chi connectivity index (χ3v) is 4.61. The lowest BCUT2D eigenvalue weighted by Crippen LogP contribution is -2.43. The number of nitrogens with zero attached hydrogens (tertiary/aromatic N) is 3. The molecule has 0 aromatic carbocycles. The molecule has 0 aliphatic carbocycles. The maximum atomic E-state index is 12.3.